The van der Waals surface area contributed by atoms with Crippen molar-refractivity contribution in [2.24, 2.45) is 0 Å². The molecule has 0 fully saturated rings. The summed E-state index contributed by atoms with van der Waals surface area (Å²) in [4.78, 5) is 13.2. The van der Waals surface area contributed by atoms with Gasteiger partial charge in [-0.25, -0.2) is 0 Å². The van der Waals surface area contributed by atoms with E-state index in [9.17, 15) is 4.79 Å². The number of aryl methyl sites for hydroxylation is 1. The molecule has 4 aromatic rings. The number of hydrogen-bond acceptors (Lipinski definition) is 4. The number of hydrogen-bond donors (Lipinski definition) is 0. The Bertz CT molecular complexity index is 1360. The number of carbonyl (C=O) groups is 1. The van der Waals surface area contributed by atoms with Crippen molar-refractivity contribution in [3.8, 4) is 11.4 Å². The van der Waals surface area contributed by atoms with Gasteiger partial charge in [-0.1, -0.05) is 93.2 Å². The summed E-state index contributed by atoms with van der Waals surface area (Å²) < 4.78 is 4.22. The van der Waals surface area contributed by atoms with Gasteiger partial charge >= 0.3 is 0 Å². The number of ketones is 1. The first-order valence-electron chi connectivity index (χ1n) is 12.2. The molecular formula is C30H34N4OS. The molecule has 0 bridgehead atoms. The number of allylic oxidation sites excluding steroid dienone is 1. The second kappa shape index (κ2) is 10.7. The summed E-state index contributed by atoms with van der Waals surface area (Å²) in [6, 6.07) is 20.8. The predicted molar refractivity (Wildman–Crippen MR) is 149 cm³/mol. The number of aromatic nitrogens is 4. The Hall–Kier alpha value is -3.38. The van der Waals surface area contributed by atoms with Gasteiger partial charge in [0.15, 0.2) is 16.8 Å². The van der Waals surface area contributed by atoms with E-state index in [4.69, 9.17) is 0 Å². The molecule has 36 heavy (non-hydrogen) atoms. The lowest BCUT2D eigenvalue weighted by Gasteiger charge is -2.19. The average molecular weight is 499 g/mol. The van der Waals surface area contributed by atoms with E-state index in [1.165, 1.54) is 17.3 Å². The average Bonchev–Trinajstić information content (AvgIpc) is 3.38. The molecular weight excluding hydrogens is 464 g/mol. The fourth-order valence-electron chi connectivity index (χ4n) is 4.34. The molecule has 0 saturated heterocycles. The summed E-state index contributed by atoms with van der Waals surface area (Å²) in [5.74, 6) is 1.20. The Morgan fingerprint density at radius 2 is 1.69 bits per heavy atom. The highest BCUT2D eigenvalue weighted by atomic mass is 32.2. The quantitative estimate of drug-likeness (QED) is 0.144. The Balaban J connectivity index is 1.62. The normalized spacial score (nSPS) is 11.6. The first-order chi connectivity index (χ1) is 17.2. The fourth-order valence-corrected chi connectivity index (χ4v) is 5.16. The maximum Gasteiger partial charge on any atom is 0.192 e. The number of Topliss-reactive ketones (excluding diaryl/α,β-unsaturated/α-hetero) is 1. The number of thioether (sulfide) groups is 1. The van der Waals surface area contributed by atoms with Crippen LogP contribution in [0.15, 0.2) is 78.5 Å². The van der Waals surface area contributed by atoms with Gasteiger partial charge in [0.25, 0.3) is 0 Å². The van der Waals surface area contributed by atoms with Crippen LogP contribution >= 0.6 is 11.8 Å². The molecule has 0 amide bonds. The molecule has 2 aromatic carbocycles. The molecule has 2 aromatic heterocycles. The van der Waals surface area contributed by atoms with Crippen molar-refractivity contribution in [2.45, 2.75) is 58.3 Å². The van der Waals surface area contributed by atoms with Crippen molar-refractivity contribution in [2.75, 3.05) is 5.75 Å². The molecule has 6 heteroatoms. The number of nitrogens with zero attached hydrogens (tertiary/aromatic N) is 4. The lowest BCUT2D eigenvalue weighted by atomic mass is 9.87. The summed E-state index contributed by atoms with van der Waals surface area (Å²) in [6.07, 6.45) is 1.85. The molecule has 0 unspecified atom stereocenters. The molecule has 4 rings (SSSR count). The van der Waals surface area contributed by atoms with Crippen LogP contribution < -0.4 is 0 Å². The highest BCUT2D eigenvalue weighted by Gasteiger charge is 2.20. The van der Waals surface area contributed by atoms with E-state index in [0.29, 0.717) is 18.8 Å². The van der Waals surface area contributed by atoms with Crippen LogP contribution in [0.3, 0.4) is 0 Å². The standard InChI is InChI=1S/C30H34N4OS/c1-7-17-33-21(2)18-26(22(33)3)27(35)20-36-29-32-31-28(34(29)19-23-11-9-8-10-12-23)24-13-15-25(16-14-24)30(4,5)6/h7-16,18H,1,17,19-20H2,2-6H3. The van der Waals surface area contributed by atoms with Crippen LogP contribution in [0.2, 0.25) is 0 Å². The molecule has 0 aliphatic rings. The van der Waals surface area contributed by atoms with Gasteiger partial charge < -0.3 is 4.57 Å². The Labute approximate surface area is 218 Å². The van der Waals surface area contributed by atoms with E-state index in [0.717, 1.165) is 39.1 Å². The first-order valence-corrected chi connectivity index (χ1v) is 13.2. The molecule has 0 N–H and O–H groups in total. The van der Waals surface area contributed by atoms with Crippen molar-refractivity contribution >= 4 is 17.5 Å². The number of carbonyl (C=O) groups excluding carboxylic acids is 1. The van der Waals surface area contributed by atoms with E-state index in [1.54, 1.807) is 0 Å². The van der Waals surface area contributed by atoms with Crippen molar-refractivity contribution in [3.63, 3.8) is 0 Å². The molecule has 186 valence electrons. The molecule has 0 saturated carbocycles. The molecule has 0 radical (unpaired) electrons. The molecule has 0 atom stereocenters. The second-order valence-electron chi connectivity index (χ2n) is 10.1. The van der Waals surface area contributed by atoms with Crippen LogP contribution in [-0.2, 0) is 18.5 Å². The summed E-state index contributed by atoms with van der Waals surface area (Å²) >= 11 is 1.44. The minimum absolute atomic E-state index is 0.0821. The highest BCUT2D eigenvalue weighted by molar-refractivity contribution is 7.99. The Morgan fingerprint density at radius 3 is 2.33 bits per heavy atom. The van der Waals surface area contributed by atoms with Gasteiger partial charge in [-0.15, -0.1) is 16.8 Å². The summed E-state index contributed by atoms with van der Waals surface area (Å²) in [7, 11) is 0. The summed E-state index contributed by atoms with van der Waals surface area (Å²) in [5, 5.41) is 9.79. The van der Waals surface area contributed by atoms with Crippen molar-refractivity contribution in [3.05, 3.63) is 101 Å². The predicted octanol–water partition coefficient (Wildman–Crippen LogP) is 6.87. The van der Waals surface area contributed by atoms with E-state index in [-0.39, 0.29) is 11.2 Å². The number of rotatable bonds is 9. The molecule has 5 nitrogen and oxygen atoms in total. The van der Waals surface area contributed by atoms with E-state index in [1.807, 2.05) is 44.2 Å². The summed E-state index contributed by atoms with van der Waals surface area (Å²) in [6.45, 7) is 15.8. The van der Waals surface area contributed by atoms with Gasteiger partial charge in [0.05, 0.1) is 12.3 Å². The first kappa shape index (κ1) is 25.7. The van der Waals surface area contributed by atoms with Crippen molar-refractivity contribution in [1.82, 2.24) is 19.3 Å². The van der Waals surface area contributed by atoms with E-state index >= 15 is 0 Å². The largest absolute Gasteiger partial charge is 0.345 e. The molecule has 0 spiro atoms. The highest BCUT2D eigenvalue weighted by Crippen LogP contribution is 2.29. The maximum atomic E-state index is 13.2. The smallest absolute Gasteiger partial charge is 0.192 e. The number of benzene rings is 2. The van der Waals surface area contributed by atoms with Crippen LogP contribution in [0.25, 0.3) is 11.4 Å². The molecule has 0 aliphatic heterocycles. The Morgan fingerprint density at radius 1 is 1.00 bits per heavy atom. The van der Waals surface area contributed by atoms with Crippen LogP contribution in [0.4, 0.5) is 0 Å². The minimum atomic E-state index is 0.0821. The monoisotopic (exact) mass is 498 g/mol. The zero-order chi connectivity index (χ0) is 25.9. The third-order valence-electron chi connectivity index (χ3n) is 6.43. The minimum Gasteiger partial charge on any atom is -0.345 e. The Kier molecular flexibility index (Phi) is 7.65. The lowest BCUT2D eigenvalue weighted by molar-refractivity contribution is 0.102. The zero-order valence-electron chi connectivity index (χ0n) is 21.8. The molecule has 0 aliphatic carbocycles. The topological polar surface area (TPSA) is 52.7 Å². The van der Waals surface area contributed by atoms with E-state index in [2.05, 4.69) is 83.1 Å². The van der Waals surface area contributed by atoms with Crippen molar-refractivity contribution in [1.29, 1.82) is 0 Å². The second-order valence-corrected chi connectivity index (χ2v) is 11.0. The van der Waals surface area contributed by atoms with Crippen LogP contribution in [0, 0.1) is 13.8 Å². The third kappa shape index (κ3) is 5.54. The van der Waals surface area contributed by atoms with Gasteiger partial charge in [-0.2, -0.15) is 0 Å². The van der Waals surface area contributed by atoms with Crippen LogP contribution in [0.5, 0.6) is 0 Å². The third-order valence-corrected chi connectivity index (χ3v) is 7.39. The van der Waals surface area contributed by atoms with Gasteiger partial charge in [0.2, 0.25) is 0 Å². The van der Waals surface area contributed by atoms with Crippen molar-refractivity contribution < 1.29 is 4.79 Å². The zero-order valence-corrected chi connectivity index (χ0v) is 22.6. The fraction of sp³-hybridized carbons (Fsp3) is 0.300. The maximum absolute atomic E-state index is 13.2. The van der Waals surface area contributed by atoms with Gasteiger partial charge in [0.1, 0.15) is 0 Å². The van der Waals surface area contributed by atoms with Crippen LogP contribution in [0.1, 0.15) is 53.6 Å². The van der Waals surface area contributed by atoms with E-state index < -0.39 is 0 Å². The SMILES string of the molecule is C=CCn1c(C)cc(C(=O)CSc2nnc(-c3ccc(C(C)(C)C)cc3)n2Cc2ccccc2)c1C. The van der Waals surface area contributed by atoms with Crippen LogP contribution in [-0.4, -0.2) is 30.9 Å². The van der Waals surface area contributed by atoms with Gasteiger partial charge in [-0.05, 0) is 36.5 Å². The van der Waals surface area contributed by atoms with Gasteiger partial charge in [0, 0.05) is 29.1 Å². The lowest BCUT2D eigenvalue weighted by Crippen LogP contribution is -2.11. The van der Waals surface area contributed by atoms with Gasteiger partial charge in [-0.3, -0.25) is 9.36 Å². The molecule has 2 heterocycles. The summed E-state index contributed by atoms with van der Waals surface area (Å²) in [5.41, 5.74) is 6.32.